The van der Waals surface area contributed by atoms with Crippen LogP contribution in [0.15, 0.2) is 30.5 Å². The molecule has 1 amide bonds. The van der Waals surface area contributed by atoms with Crippen molar-refractivity contribution in [3.8, 4) is 0 Å². The van der Waals surface area contributed by atoms with Crippen molar-refractivity contribution in [3.63, 3.8) is 0 Å². The highest BCUT2D eigenvalue weighted by Crippen LogP contribution is 2.47. The number of benzene rings is 1. The maximum Gasteiger partial charge on any atom is 0.251 e. The van der Waals surface area contributed by atoms with Crippen LogP contribution in [0.2, 0.25) is 0 Å². The van der Waals surface area contributed by atoms with E-state index in [0.29, 0.717) is 12.1 Å². The number of aliphatic hydroxyl groups excluding tert-OH is 1. The molecule has 1 aliphatic carbocycles. The molecular formula is C15H18N2O2. The van der Waals surface area contributed by atoms with Crippen LogP contribution in [0.3, 0.4) is 0 Å². The van der Waals surface area contributed by atoms with Crippen molar-refractivity contribution in [2.24, 2.45) is 5.41 Å². The molecule has 0 aliphatic heterocycles. The summed E-state index contributed by atoms with van der Waals surface area (Å²) in [6, 6.07) is 7.65. The Morgan fingerprint density at radius 1 is 1.37 bits per heavy atom. The van der Waals surface area contributed by atoms with Crippen molar-refractivity contribution in [2.45, 2.75) is 19.3 Å². The van der Waals surface area contributed by atoms with Gasteiger partial charge in [0, 0.05) is 30.4 Å². The Bertz CT molecular complexity index is 599. The first-order chi connectivity index (χ1) is 9.22. The van der Waals surface area contributed by atoms with Gasteiger partial charge >= 0.3 is 0 Å². The van der Waals surface area contributed by atoms with E-state index >= 15 is 0 Å². The van der Waals surface area contributed by atoms with Crippen molar-refractivity contribution in [3.05, 3.63) is 36.0 Å². The summed E-state index contributed by atoms with van der Waals surface area (Å²) in [5.74, 6) is -0.0410. The molecule has 3 N–H and O–H groups in total. The zero-order chi connectivity index (χ0) is 13.3. The molecule has 1 aromatic carbocycles. The molecule has 0 bridgehead atoms. The quantitative estimate of drug-likeness (QED) is 0.768. The Kier molecular flexibility index (Phi) is 3.03. The largest absolute Gasteiger partial charge is 0.396 e. The molecule has 1 heterocycles. The van der Waals surface area contributed by atoms with E-state index < -0.39 is 0 Å². The van der Waals surface area contributed by atoms with Gasteiger partial charge in [0.25, 0.3) is 5.91 Å². The molecule has 0 unspecified atom stereocenters. The van der Waals surface area contributed by atoms with Crippen LogP contribution in [-0.4, -0.2) is 29.1 Å². The van der Waals surface area contributed by atoms with E-state index in [9.17, 15) is 4.79 Å². The first-order valence-corrected chi connectivity index (χ1v) is 6.69. The monoisotopic (exact) mass is 258 g/mol. The molecule has 4 heteroatoms. The van der Waals surface area contributed by atoms with Gasteiger partial charge in [-0.3, -0.25) is 4.79 Å². The third-order valence-corrected chi connectivity index (χ3v) is 4.04. The van der Waals surface area contributed by atoms with Gasteiger partial charge < -0.3 is 15.4 Å². The molecule has 1 saturated carbocycles. The summed E-state index contributed by atoms with van der Waals surface area (Å²) in [5.41, 5.74) is 1.81. The van der Waals surface area contributed by atoms with Gasteiger partial charge in [-0.15, -0.1) is 0 Å². The second-order valence-electron chi connectivity index (χ2n) is 5.44. The molecule has 4 nitrogen and oxygen atoms in total. The van der Waals surface area contributed by atoms with E-state index in [1.807, 2.05) is 30.5 Å². The lowest BCUT2D eigenvalue weighted by atomic mass is 10.0. The minimum absolute atomic E-state index is 0.0410. The van der Waals surface area contributed by atoms with E-state index in [4.69, 9.17) is 5.11 Å². The lowest BCUT2D eigenvalue weighted by Gasteiger charge is -2.14. The van der Waals surface area contributed by atoms with Gasteiger partial charge in [0.15, 0.2) is 0 Å². The molecule has 0 saturated heterocycles. The van der Waals surface area contributed by atoms with E-state index in [1.165, 1.54) is 0 Å². The van der Waals surface area contributed by atoms with Crippen LogP contribution < -0.4 is 5.32 Å². The predicted molar refractivity (Wildman–Crippen MR) is 74.0 cm³/mol. The highest BCUT2D eigenvalue weighted by Gasteiger charge is 2.41. The number of hydrogen-bond donors (Lipinski definition) is 3. The molecule has 19 heavy (non-hydrogen) atoms. The summed E-state index contributed by atoms with van der Waals surface area (Å²) in [7, 11) is 0. The second kappa shape index (κ2) is 4.70. The van der Waals surface area contributed by atoms with Gasteiger partial charge in [0.1, 0.15) is 0 Å². The fraction of sp³-hybridized carbons (Fsp3) is 0.400. The zero-order valence-electron chi connectivity index (χ0n) is 10.8. The predicted octanol–water partition coefficient (Wildman–Crippen LogP) is 2.06. The van der Waals surface area contributed by atoms with E-state index in [2.05, 4.69) is 10.3 Å². The average molecular weight is 258 g/mol. The average Bonchev–Trinajstić information content (AvgIpc) is 3.02. The van der Waals surface area contributed by atoms with Crippen molar-refractivity contribution >= 4 is 16.8 Å². The topological polar surface area (TPSA) is 65.1 Å². The molecule has 100 valence electrons. The molecule has 1 aliphatic rings. The summed E-state index contributed by atoms with van der Waals surface area (Å²) in [6.45, 7) is 0.861. The van der Waals surface area contributed by atoms with Crippen LogP contribution in [0, 0.1) is 5.41 Å². The number of rotatable bonds is 5. The normalized spacial score (nSPS) is 16.5. The standard InChI is InChI=1S/C15H18N2O2/c18-8-6-15(4-5-15)10-17-14(19)12-2-1-11-3-7-16-13(11)9-12/h1-3,7,9,16,18H,4-6,8,10H2,(H,17,19). The van der Waals surface area contributed by atoms with Gasteiger partial charge in [-0.05, 0) is 48.3 Å². The highest BCUT2D eigenvalue weighted by molar-refractivity contribution is 5.97. The maximum absolute atomic E-state index is 12.1. The van der Waals surface area contributed by atoms with Crippen LogP contribution in [0.4, 0.5) is 0 Å². The van der Waals surface area contributed by atoms with Gasteiger partial charge in [0.05, 0.1) is 0 Å². The SMILES string of the molecule is O=C(NCC1(CCO)CC1)c1ccc2cc[nH]c2c1. The Balaban J connectivity index is 1.66. The van der Waals surface area contributed by atoms with Gasteiger partial charge in [-0.25, -0.2) is 0 Å². The Hall–Kier alpha value is -1.81. The smallest absolute Gasteiger partial charge is 0.251 e. The number of amides is 1. The summed E-state index contributed by atoms with van der Waals surface area (Å²) >= 11 is 0. The van der Waals surface area contributed by atoms with Crippen LogP contribution in [0.25, 0.3) is 10.9 Å². The zero-order valence-corrected chi connectivity index (χ0v) is 10.8. The van der Waals surface area contributed by atoms with Gasteiger partial charge in [-0.2, -0.15) is 0 Å². The number of nitrogens with one attached hydrogen (secondary N) is 2. The van der Waals surface area contributed by atoms with Crippen molar-refractivity contribution < 1.29 is 9.90 Å². The molecule has 1 aromatic heterocycles. The van der Waals surface area contributed by atoms with Crippen molar-refractivity contribution in [1.29, 1.82) is 0 Å². The summed E-state index contributed by atoms with van der Waals surface area (Å²) in [6.07, 6.45) is 4.85. The molecule has 3 rings (SSSR count). The second-order valence-corrected chi connectivity index (χ2v) is 5.44. The van der Waals surface area contributed by atoms with Gasteiger partial charge in [0.2, 0.25) is 0 Å². The maximum atomic E-state index is 12.1. The Morgan fingerprint density at radius 3 is 2.95 bits per heavy atom. The first-order valence-electron chi connectivity index (χ1n) is 6.69. The fourth-order valence-corrected chi connectivity index (χ4v) is 2.49. The van der Waals surface area contributed by atoms with Crippen LogP contribution >= 0.6 is 0 Å². The highest BCUT2D eigenvalue weighted by atomic mass is 16.3. The molecular weight excluding hydrogens is 240 g/mol. The summed E-state index contributed by atoms with van der Waals surface area (Å²) in [5, 5.41) is 13.1. The lowest BCUT2D eigenvalue weighted by Crippen LogP contribution is -2.30. The van der Waals surface area contributed by atoms with Crippen molar-refractivity contribution in [1.82, 2.24) is 10.3 Å². The number of aromatic nitrogens is 1. The van der Waals surface area contributed by atoms with Crippen LogP contribution in [0.5, 0.6) is 0 Å². The van der Waals surface area contributed by atoms with E-state index in [1.54, 1.807) is 0 Å². The van der Waals surface area contributed by atoms with Gasteiger partial charge in [-0.1, -0.05) is 6.07 Å². The molecule has 0 atom stereocenters. The number of hydrogen-bond acceptors (Lipinski definition) is 2. The molecule has 1 fully saturated rings. The number of carbonyl (C=O) groups excluding carboxylic acids is 1. The summed E-state index contributed by atoms with van der Waals surface area (Å²) < 4.78 is 0. The third kappa shape index (κ3) is 2.49. The molecule has 2 aromatic rings. The third-order valence-electron chi connectivity index (χ3n) is 4.04. The molecule has 0 spiro atoms. The number of carbonyl (C=O) groups is 1. The number of aliphatic hydroxyl groups is 1. The lowest BCUT2D eigenvalue weighted by molar-refractivity contribution is 0.0941. The Labute approximate surface area is 111 Å². The minimum atomic E-state index is -0.0410. The van der Waals surface area contributed by atoms with Crippen LogP contribution in [0.1, 0.15) is 29.6 Å². The van der Waals surface area contributed by atoms with E-state index in [-0.39, 0.29) is 17.9 Å². The van der Waals surface area contributed by atoms with E-state index in [0.717, 1.165) is 30.2 Å². The van der Waals surface area contributed by atoms with Crippen molar-refractivity contribution in [2.75, 3.05) is 13.2 Å². The first kappa shape index (κ1) is 12.2. The summed E-state index contributed by atoms with van der Waals surface area (Å²) in [4.78, 5) is 15.2. The Morgan fingerprint density at radius 2 is 2.21 bits per heavy atom. The number of aromatic amines is 1. The van der Waals surface area contributed by atoms with Crippen LogP contribution in [-0.2, 0) is 0 Å². The number of fused-ring (bicyclic) bond motifs is 1. The number of H-pyrrole nitrogens is 1. The fourth-order valence-electron chi connectivity index (χ4n) is 2.49. The molecule has 0 radical (unpaired) electrons. The minimum Gasteiger partial charge on any atom is -0.396 e.